The Bertz CT molecular complexity index is 852. The highest BCUT2D eigenvalue weighted by atomic mass is 16.5. The van der Waals surface area contributed by atoms with E-state index in [1.165, 1.54) is 5.39 Å². The van der Waals surface area contributed by atoms with Crippen LogP contribution in [0.2, 0.25) is 0 Å². The zero-order chi connectivity index (χ0) is 16.2. The summed E-state index contributed by atoms with van der Waals surface area (Å²) in [7, 11) is 3.15. The molecule has 0 aliphatic carbocycles. The number of hydrogen-bond donors (Lipinski definition) is 0. The first kappa shape index (κ1) is 15.1. The van der Waals surface area contributed by atoms with E-state index in [0.717, 1.165) is 10.9 Å². The topological polar surface area (TPSA) is 35.5 Å². The molecule has 0 aromatic heterocycles. The van der Waals surface area contributed by atoms with Gasteiger partial charge in [0.15, 0.2) is 5.78 Å². The zero-order valence-corrected chi connectivity index (χ0v) is 13.2. The summed E-state index contributed by atoms with van der Waals surface area (Å²) in [4.78, 5) is 12.6. The van der Waals surface area contributed by atoms with Crippen molar-refractivity contribution in [3.05, 3.63) is 71.8 Å². The van der Waals surface area contributed by atoms with Crippen LogP contribution in [0.3, 0.4) is 0 Å². The van der Waals surface area contributed by atoms with Gasteiger partial charge in [-0.2, -0.15) is 0 Å². The second-order valence-electron chi connectivity index (χ2n) is 5.35. The highest BCUT2D eigenvalue weighted by molar-refractivity contribution is 6.00. The minimum atomic E-state index is 0.0276. The van der Waals surface area contributed by atoms with Crippen LogP contribution < -0.4 is 9.47 Å². The van der Waals surface area contributed by atoms with Gasteiger partial charge in [0, 0.05) is 12.5 Å². The van der Waals surface area contributed by atoms with Gasteiger partial charge < -0.3 is 9.47 Å². The Balaban J connectivity index is 1.88. The molecule has 0 aliphatic rings. The van der Waals surface area contributed by atoms with Crippen LogP contribution in [0.1, 0.15) is 15.9 Å². The van der Waals surface area contributed by atoms with Gasteiger partial charge in [-0.15, -0.1) is 0 Å². The van der Waals surface area contributed by atoms with E-state index in [9.17, 15) is 4.79 Å². The summed E-state index contributed by atoms with van der Waals surface area (Å²) >= 11 is 0. The average molecular weight is 306 g/mol. The summed E-state index contributed by atoms with van der Waals surface area (Å²) in [6, 6.07) is 19.5. The highest BCUT2D eigenvalue weighted by Gasteiger charge is 2.14. The van der Waals surface area contributed by atoms with Crippen LogP contribution >= 0.6 is 0 Å². The number of carbonyl (C=O) groups is 1. The molecule has 23 heavy (non-hydrogen) atoms. The average Bonchev–Trinajstić information content (AvgIpc) is 2.60. The number of Topliss-reactive ketones (excluding diaryl/α,β-unsaturated/α-hetero) is 1. The van der Waals surface area contributed by atoms with Gasteiger partial charge in [-0.05, 0) is 28.5 Å². The lowest BCUT2D eigenvalue weighted by Crippen LogP contribution is -2.06. The van der Waals surface area contributed by atoms with Crippen LogP contribution in [-0.2, 0) is 6.42 Å². The molecule has 116 valence electrons. The monoisotopic (exact) mass is 306 g/mol. The lowest BCUT2D eigenvalue weighted by molar-refractivity contribution is 0.0990. The number of carbonyl (C=O) groups excluding carboxylic acids is 1. The van der Waals surface area contributed by atoms with Gasteiger partial charge in [0.2, 0.25) is 0 Å². The van der Waals surface area contributed by atoms with E-state index in [2.05, 4.69) is 18.2 Å². The Kier molecular flexibility index (Phi) is 4.29. The van der Waals surface area contributed by atoms with Gasteiger partial charge in [-0.25, -0.2) is 0 Å². The van der Waals surface area contributed by atoms with E-state index < -0.39 is 0 Å². The van der Waals surface area contributed by atoms with Crippen LogP contribution in [0.15, 0.2) is 60.7 Å². The van der Waals surface area contributed by atoms with Gasteiger partial charge in [-0.3, -0.25) is 4.79 Å². The molecule has 3 aromatic rings. The smallest absolute Gasteiger partial charge is 0.170 e. The van der Waals surface area contributed by atoms with E-state index in [-0.39, 0.29) is 5.78 Å². The summed E-state index contributed by atoms with van der Waals surface area (Å²) < 4.78 is 10.5. The van der Waals surface area contributed by atoms with E-state index in [1.807, 2.05) is 24.3 Å². The first-order valence-corrected chi connectivity index (χ1v) is 7.44. The Morgan fingerprint density at radius 3 is 2.39 bits per heavy atom. The number of benzene rings is 3. The van der Waals surface area contributed by atoms with Gasteiger partial charge in [0.05, 0.1) is 19.8 Å². The summed E-state index contributed by atoms with van der Waals surface area (Å²) in [5.74, 6) is 1.24. The zero-order valence-electron chi connectivity index (χ0n) is 13.2. The third-order valence-corrected chi connectivity index (χ3v) is 3.89. The maximum absolute atomic E-state index is 12.6. The van der Waals surface area contributed by atoms with Crippen LogP contribution in [0.4, 0.5) is 0 Å². The summed E-state index contributed by atoms with van der Waals surface area (Å²) in [6.45, 7) is 0. The van der Waals surface area contributed by atoms with Crippen molar-refractivity contribution in [1.82, 2.24) is 0 Å². The van der Waals surface area contributed by atoms with Crippen LogP contribution in [0.25, 0.3) is 10.8 Å². The first-order valence-electron chi connectivity index (χ1n) is 7.44. The molecule has 0 bridgehead atoms. The van der Waals surface area contributed by atoms with E-state index in [4.69, 9.17) is 9.47 Å². The van der Waals surface area contributed by atoms with Crippen LogP contribution in [0.5, 0.6) is 11.5 Å². The predicted octanol–water partition coefficient (Wildman–Crippen LogP) is 4.28. The van der Waals surface area contributed by atoms with Gasteiger partial charge in [0.1, 0.15) is 11.5 Å². The van der Waals surface area contributed by atoms with Crippen LogP contribution in [-0.4, -0.2) is 20.0 Å². The van der Waals surface area contributed by atoms with Crippen molar-refractivity contribution in [3.8, 4) is 11.5 Å². The molecule has 3 aromatic carbocycles. The molecule has 0 atom stereocenters. The maximum Gasteiger partial charge on any atom is 0.170 e. The highest BCUT2D eigenvalue weighted by Crippen LogP contribution is 2.26. The second kappa shape index (κ2) is 6.53. The van der Waals surface area contributed by atoms with E-state index in [1.54, 1.807) is 32.4 Å². The molecule has 0 saturated carbocycles. The molecule has 3 rings (SSSR count). The molecule has 0 unspecified atom stereocenters. The summed E-state index contributed by atoms with van der Waals surface area (Å²) in [5, 5.41) is 2.31. The fraction of sp³-hybridized carbons (Fsp3) is 0.150. The van der Waals surface area contributed by atoms with E-state index in [0.29, 0.717) is 23.5 Å². The molecule has 0 heterocycles. The van der Waals surface area contributed by atoms with Crippen molar-refractivity contribution in [3.63, 3.8) is 0 Å². The minimum Gasteiger partial charge on any atom is -0.497 e. The molecule has 3 nitrogen and oxygen atoms in total. The molecule has 0 spiro atoms. The minimum absolute atomic E-state index is 0.0276. The van der Waals surface area contributed by atoms with Crippen molar-refractivity contribution in [2.75, 3.05) is 14.2 Å². The summed E-state index contributed by atoms with van der Waals surface area (Å²) in [6.07, 6.45) is 0.341. The lowest BCUT2D eigenvalue weighted by atomic mass is 9.99. The SMILES string of the molecule is COc1ccc(C(=O)Cc2ccc3ccccc3c2)c(OC)c1. The van der Waals surface area contributed by atoms with Crippen molar-refractivity contribution in [1.29, 1.82) is 0 Å². The first-order chi connectivity index (χ1) is 11.2. The largest absolute Gasteiger partial charge is 0.497 e. The summed E-state index contributed by atoms with van der Waals surface area (Å²) in [5.41, 5.74) is 1.56. The molecule has 0 saturated heterocycles. The Morgan fingerprint density at radius 1 is 0.870 bits per heavy atom. The van der Waals surface area contributed by atoms with Gasteiger partial charge >= 0.3 is 0 Å². The van der Waals surface area contributed by atoms with Crippen LogP contribution in [0, 0.1) is 0 Å². The number of ketones is 1. The van der Waals surface area contributed by atoms with Gasteiger partial charge in [0.25, 0.3) is 0 Å². The number of fused-ring (bicyclic) bond motifs is 1. The van der Waals surface area contributed by atoms with Gasteiger partial charge in [-0.1, -0.05) is 42.5 Å². The Morgan fingerprint density at radius 2 is 1.65 bits per heavy atom. The number of ether oxygens (including phenoxy) is 2. The van der Waals surface area contributed by atoms with E-state index >= 15 is 0 Å². The molecular weight excluding hydrogens is 288 g/mol. The maximum atomic E-state index is 12.6. The Labute approximate surface area is 135 Å². The molecule has 0 fully saturated rings. The van der Waals surface area contributed by atoms with Crippen molar-refractivity contribution >= 4 is 16.6 Å². The fourth-order valence-corrected chi connectivity index (χ4v) is 2.66. The Hall–Kier alpha value is -2.81. The van der Waals surface area contributed by atoms with Crippen molar-refractivity contribution < 1.29 is 14.3 Å². The van der Waals surface area contributed by atoms with Crippen molar-refractivity contribution in [2.45, 2.75) is 6.42 Å². The quantitative estimate of drug-likeness (QED) is 0.660. The normalized spacial score (nSPS) is 10.5. The molecule has 0 aliphatic heterocycles. The second-order valence-corrected chi connectivity index (χ2v) is 5.35. The molecular formula is C20H18O3. The molecule has 0 N–H and O–H groups in total. The number of methoxy groups -OCH3 is 2. The number of rotatable bonds is 5. The molecule has 3 heteroatoms. The number of hydrogen-bond acceptors (Lipinski definition) is 3. The standard InChI is InChI=1S/C20H18O3/c1-22-17-9-10-18(20(13-17)23-2)19(21)12-14-7-8-15-5-3-4-6-16(15)11-14/h3-11,13H,12H2,1-2H3. The third-order valence-electron chi connectivity index (χ3n) is 3.89. The third kappa shape index (κ3) is 3.19. The lowest BCUT2D eigenvalue weighted by Gasteiger charge is -2.10. The van der Waals surface area contributed by atoms with Crippen molar-refractivity contribution in [2.24, 2.45) is 0 Å². The fourth-order valence-electron chi connectivity index (χ4n) is 2.66. The molecule has 0 amide bonds. The molecule has 0 radical (unpaired) electrons. The predicted molar refractivity (Wildman–Crippen MR) is 91.5 cm³/mol.